The van der Waals surface area contributed by atoms with Gasteiger partial charge in [-0.1, -0.05) is 72.8 Å². The van der Waals surface area contributed by atoms with Crippen LogP contribution in [-0.2, 0) is 6.54 Å². The highest BCUT2D eigenvalue weighted by atomic mass is 16.2. The Morgan fingerprint density at radius 2 is 1.19 bits per heavy atom. The summed E-state index contributed by atoms with van der Waals surface area (Å²) in [4.78, 5) is 27.0. The molecule has 0 N–H and O–H groups in total. The second-order valence-corrected chi connectivity index (χ2v) is 6.08. The summed E-state index contributed by atoms with van der Waals surface area (Å²) < 4.78 is 0. The van der Waals surface area contributed by atoms with Gasteiger partial charge in [-0.2, -0.15) is 0 Å². The molecule has 1 amide bonds. The number of carbonyl (C=O) groups is 2. The quantitative estimate of drug-likeness (QED) is 0.614. The average Bonchev–Trinajstić information content (AvgIpc) is 2.72. The zero-order chi connectivity index (χ0) is 18.4. The molecule has 3 rings (SSSR count). The van der Waals surface area contributed by atoms with Crippen LogP contribution < -0.4 is 0 Å². The maximum Gasteiger partial charge on any atom is 0.254 e. The van der Waals surface area contributed by atoms with Crippen LogP contribution in [0.4, 0.5) is 0 Å². The minimum Gasteiger partial charge on any atom is -0.335 e. The predicted molar refractivity (Wildman–Crippen MR) is 103 cm³/mol. The molecule has 0 saturated carbocycles. The topological polar surface area (TPSA) is 37.4 Å². The van der Waals surface area contributed by atoms with E-state index in [9.17, 15) is 9.59 Å². The standard InChI is InChI=1S/C23H21NO2/c1-2-24(17-18-9-5-3-6-10-18)23(26)21-15-13-20(14-16-21)22(25)19-11-7-4-8-12-19/h3-16H,2,17H2,1H3. The van der Waals surface area contributed by atoms with Gasteiger partial charge >= 0.3 is 0 Å². The fraction of sp³-hybridized carbons (Fsp3) is 0.130. The maximum atomic E-state index is 12.8. The van der Waals surface area contributed by atoms with Crippen LogP contribution in [0.1, 0.15) is 38.8 Å². The van der Waals surface area contributed by atoms with Gasteiger partial charge in [0.05, 0.1) is 0 Å². The molecular weight excluding hydrogens is 322 g/mol. The molecule has 26 heavy (non-hydrogen) atoms. The number of hydrogen-bond acceptors (Lipinski definition) is 2. The smallest absolute Gasteiger partial charge is 0.254 e. The molecule has 130 valence electrons. The van der Waals surface area contributed by atoms with E-state index in [1.807, 2.05) is 55.5 Å². The number of carbonyl (C=O) groups excluding carboxylic acids is 2. The molecule has 0 aromatic heterocycles. The molecule has 0 heterocycles. The van der Waals surface area contributed by atoms with Gasteiger partial charge in [-0.25, -0.2) is 0 Å². The molecule has 0 atom stereocenters. The first-order valence-corrected chi connectivity index (χ1v) is 8.72. The number of benzene rings is 3. The first kappa shape index (κ1) is 17.6. The number of rotatable bonds is 6. The van der Waals surface area contributed by atoms with E-state index in [2.05, 4.69) is 0 Å². The van der Waals surface area contributed by atoms with Crippen molar-refractivity contribution in [2.24, 2.45) is 0 Å². The summed E-state index contributed by atoms with van der Waals surface area (Å²) in [5.41, 5.74) is 2.91. The normalized spacial score (nSPS) is 10.3. The maximum absolute atomic E-state index is 12.8. The zero-order valence-corrected chi connectivity index (χ0v) is 14.8. The van der Waals surface area contributed by atoms with Crippen molar-refractivity contribution in [3.63, 3.8) is 0 Å². The van der Waals surface area contributed by atoms with E-state index in [4.69, 9.17) is 0 Å². The lowest BCUT2D eigenvalue weighted by atomic mass is 10.0. The highest BCUT2D eigenvalue weighted by Gasteiger charge is 2.15. The number of hydrogen-bond donors (Lipinski definition) is 0. The van der Waals surface area contributed by atoms with Crippen LogP contribution >= 0.6 is 0 Å². The average molecular weight is 343 g/mol. The van der Waals surface area contributed by atoms with Crippen LogP contribution in [0.3, 0.4) is 0 Å². The highest BCUT2D eigenvalue weighted by Crippen LogP contribution is 2.14. The molecule has 0 saturated heterocycles. The van der Waals surface area contributed by atoms with Gasteiger partial charge in [0.1, 0.15) is 0 Å². The Morgan fingerprint density at radius 1 is 0.692 bits per heavy atom. The van der Waals surface area contributed by atoms with E-state index in [0.29, 0.717) is 29.8 Å². The summed E-state index contributed by atoms with van der Waals surface area (Å²) in [5.74, 6) is -0.0729. The van der Waals surface area contributed by atoms with Gasteiger partial charge in [0, 0.05) is 29.8 Å². The van der Waals surface area contributed by atoms with Gasteiger partial charge in [-0.05, 0) is 24.6 Å². The Kier molecular flexibility index (Phi) is 5.59. The van der Waals surface area contributed by atoms with Gasteiger partial charge in [0.25, 0.3) is 5.91 Å². The molecular formula is C23H21NO2. The second kappa shape index (κ2) is 8.26. The number of nitrogens with zero attached hydrogens (tertiary/aromatic N) is 1. The lowest BCUT2D eigenvalue weighted by molar-refractivity contribution is 0.0752. The van der Waals surface area contributed by atoms with Crippen molar-refractivity contribution in [1.82, 2.24) is 4.90 Å². The van der Waals surface area contributed by atoms with E-state index in [-0.39, 0.29) is 11.7 Å². The fourth-order valence-corrected chi connectivity index (χ4v) is 2.83. The molecule has 0 aliphatic rings. The Bertz CT molecular complexity index is 871. The van der Waals surface area contributed by atoms with Crippen molar-refractivity contribution in [3.8, 4) is 0 Å². The Labute approximate surface area is 153 Å². The Balaban J connectivity index is 1.74. The first-order chi connectivity index (χ1) is 12.7. The van der Waals surface area contributed by atoms with Gasteiger partial charge in [0.15, 0.2) is 5.78 Å². The molecule has 3 nitrogen and oxygen atoms in total. The number of amides is 1. The van der Waals surface area contributed by atoms with Crippen LogP contribution in [0.25, 0.3) is 0 Å². The van der Waals surface area contributed by atoms with E-state index in [0.717, 1.165) is 5.56 Å². The number of ketones is 1. The van der Waals surface area contributed by atoms with Gasteiger partial charge in [0.2, 0.25) is 0 Å². The van der Waals surface area contributed by atoms with Gasteiger partial charge in [-0.15, -0.1) is 0 Å². The summed E-state index contributed by atoms with van der Waals surface area (Å²) in [5, 5.41) is 0. The molecule has 3 heteroatoms. The summed E-state index contributed by atoms with van der Waals surface area (Å²) in [6.45, 7) is 3.16. The van der Waals surface area contributed by atoms with Crippen LogP contribution in [0.2, 0.25) is 0 Å². The molecule has 3 aromatic rings. The van der Waals surface area contributed by atoms with Gasteiger partial charge < -0.3 is 4.90 Å². The molecule has 0 fully saturated rings. The third-order valence-corrected chi connectivity index (χ3v) is 4.32. The van der Waals surface area contributed by atoms with Crippen molar-refractivity contribution in [1.29, 1.82) is 0 Å². The summed E-state index contributed by atoms with van der Waals surface area (Å²) in [7, 11) is 0. The molecule has 0 spiro atoms. The molecule has 3 aromatic carbocycles. The molecule has 0 unspecified atom stereocenters. The Morgan fingerprint density at radius 3 is 1.77 bits per heavy atom. The predicted octanol–water partition coefficient (Wildman–Crippen LogP) is 4.58. The molecule has 0 radical (unpaired) electrons. The van der Waals surface area contributed by atoms with E-state index in [1.165, 1.54) is 0 Å². The van der Waals surface area contributed by atoms with E-state index in [1.54, 1.807) is 41.3 Å². The van der Waals surface area contributed by atoms with Crippen molar-refractivity contribution in [2.45, 2.75) is 13.5 Å². The van der Waals surface area contributed by atoms with E-state index < -0.39 is 0 Å². The SMILES string of the molecule is CCN(Cc1ccccc1)C(=O)c1ccc(C(=O)c2ccccc2)cc1. The highest BCUT2D eigenvalue weighted by molar-refractivity contribution is 6.09. The third-order valence-electron chi connectivity index (χ3n) is 4.32. The van der Waals surface area contributed by atoms with Crippen molar-refractivity contribution in [3.05, 3.63) is 107 Å². The van der Waals surface area contributed by atoms with Crippen molar-refractivity contribution in [2.75, 3.05) is 6.54 Å². The van der Waals surface area contributed by atoms with Crippen LogP contribution in [0, 0.1) is 0 Å². The van der Waals surface area contributed by atoms with Gasteiger partial charge in [-0.3, -0.25) is 9.59 Å². The summed E-state index contributed by atoms with van der Waals surface area (Å²) in [6.07, 6.45) is 0. The van der Waals surface area contributed by atoms with Crippen molar-refractivity contribution >= 4 is 11.7 Å². The summed E-state index contributed by atoms with van der Waals surface area (Å²) in [6, 6.07) is 26.0. The molecule has 0 aliphatic heterocycles. The zero-order valence-electron chi connectivity index (χ0n) is 14.8. The van der Waals surface area contributed by atoms with Crippen LogP contribution in [-0.4, -0.2) is 23.1 Å². The monoisotopic (exact) mass is 343 g/mol. The van der Waals surface area contributed by atoms with E-state index >= 15 is 0 Å². The molecule has 0 aliphatic carbocycles. The molecule has 0 bridgehead atoms. The van der Waals surface area contributed by atoms with Crippen LogP contribution in [0.5, 0.6) is 0 Å². The largest absolute Gasteiger partial charge is 0.335 e. The first-order valence-electron chi connectivity index (χ1n) is 8.72. The fourth-order valence-electron chi connectivity index (χ4n) is 2.83. The van der Waals surface area contributed by atoms with Crippen molar-refractivity contribution < 1.29 is 9.59 Å². The lowest BCUT2D eigenvalue weighted by Gasteiger charge is -2.21. The Hall–Kier alpha value is -3.20. The lowest BCUT2D eigenvalue weighted by Crippen LogP contribution is -2.30. The third kappa shape index (κ3) is 4.06. The second-order valence-electron chi connectivity index (χ2n) is 6.08. The summed E-state index contributed by atoms with van der Waals surface area (Å²) >= 11 is 0. The minimum absolute atomic E-state index is 0.0323. The van der Waals surface area contributed by atoms with Crippen LogP contribution in [0.15, 0.2) is 84.9 Å². The minimum atomic E-state index is -0.0405.